The van der Waals surface area contributed by atoms with Gasteiger partial charge in [0.1, 0.15) is 13.2 Å². The molecular weight excluding hydrogens is 685 g/mol. The van der Waals surface area contributed by atoms with E-state index < -0.39 is 6.10 Å². The third kappa shape index (κ3) is 43.1. The van der Waals surface area contributed by atoms with E-state index in [1.807, 2.05) is 0 Å². The second kappa shape index (κ2) is 44.9. The van der Waals surface area contributed by atoms with Gasteiger partial charge in [0.25, 0.3) is 0 Å². The van der Waals surface area contributed by atoms with Gasteiger partial charge in [0.05, 0.1) is 0 Å². The highest BCUT2D eigenvalue weighted by Crippen LogP contribution is 2.15. The second-order valence-corrected chi connectivity index (χ2v) is 16.4. The van der Waals surface area contributed by atoms with Crippen LogP contribution in [0.3, 0.4) is 0 Å². The number of hydrogen-bond donors (Lipinski definition) is 0. The Kier molecular flexibility index (Phi) is 43.4. The predicted octanol–water partition coefficient (Wildman–Crippen LogP) is 15.4. The minimum absolute atomic E-state index is 0.0678. The zero-order valence-electron chi connectivity index (χ0n) is 37.0. The van der Waals surface area contributed by atoms with Crippen molar-refractivity contribution in [2.45, 2.75) is 271 Å². The fourth-order valence-electron chi connectivity index (χ4n) is 7.08. The van der Waals surface area contributed by atoms with Crippen molar-refractivity contribution in [2.75, 3.05) is 13.2 Å². The molecule has 0 saturated heterocycles. The van der Waals surface area contributed by atoms with Gasteiger partial charge in [0.15, 0.2) is 6.10 Å². The number of ether oxygens (including phenoxy) is 3. The molecule has 0 bridgehead atoms. The first kappa shape index (κ1) is 53.1. The number of allylic oxidation sites excluding steroid dienone is 2. The van der Waals surface area contributed by atoms with Gasteiger partial charge in [0, 0.05) is 19.3 Å². The molecule has 0 aromatic heterocycles. The van der Waals surface area contributed by atoms with Crippen LogP contribution in [0.2, 0.25) is 0 Å². The fourth-order valence-corrected chi connectivity index (χ4v) is 7.08. The van der Waals surface area contributed by atoms with Gasteiger partial charge in [-0.25, -0.2) is 0 Å². The molecule has 0 heterocycles. The van der Waals surface area contributed by atoms with Gasteiger partial charge in [-0.15, -0.1) is 0 Å². The summed E-state index contributed by atoms with van der Waals surface area (Å²) in [6.45, 7) is 6.63. The molecule has 0 unspecified atom stereocenters. The van der Waals surface area contributed by atoms with E-state index in [0.717, 1.165) is 64.2 Å². The van der Waals surface area contributed by atoms with Crippen molar-refractivity contribution in [3.63, 3.8) is 0 Å². The van der Waals surface area contributed by atoms with E-state index in [4.69, 9.17) is 14.2 Å². The zero-order chi connectivity index (χ0) is 40.1. The topological polar surface area (TPSA) is 78.9 Å². The predicted molar refractivity (Wildman–Crippen MR) is 233 cm³/mol. The minimum atomic E-state index is -0.764. The van der Waals surface area contributed by atoms with E-state index in [0.29, 0.717) is 19.3 Å². The minimum Gasteiger partial charge on any atom is -0.462 e. The zero-order valence-corrected chi connectivity index (χ0v) is 37.0. The van der Waals surface area contributed by atoms with E-state index in [9.17, 15) is 14.4 Å². The van der Waals surface area contributed by atoms with Crippen LogP contribution in [0.25, 0.3) is 0 Å². The smallest absolute Gasteiger partial charge is 0.306 e. The number of esters is 3. The first-order valence-corrected chi connectivity index (χ1v) is 24.2. The van der Waals surface area contributed by atoms with Crippen LogP contribution in [-0.2, 0) is 28.6 Å². The average Bonchev–Trinajstić information content (AvgIpc) is 3.18. The molecule has 0 N–H and O–H groups in total. The first-order valence-electron chi connectivity index (χ1n) is 24.2. The Morgan fingerprint density at radius 1 is 0.345 bits per heavy atom. The summed E-state index contributed by atoms with van der Waals surface area (Å²) in [6, 6.07) is 0. The molecule has 0 aromatic rings. The van der Waals surface area contributed by atoms with Crippen molar-refractivity contribution < 1.29 is 28.6 Å². The molecule has 1 atom stereocenters. The van der Waals surface area contributed by atoms with Crippen LogP contribution in [-0.4, -0.2) is 37.2 Å². The molecule has 0 fully saturated rings. The standard InChI is InChI=1S/C49H92O6/c1-4-7-10-13-16-19-22-24-27-30-33-36-39-42-48(51)54-45-46(44-53-47(50)41-38-35-32-29-26-21-18-15-12-9-6-3)55-49(52)43-40-37-34-31-28-25-23-20-17-14-11-8-5-2/h19,22,46H,4-18,20-21,23-45H2,1-3H3/b22-19-/t46-/m1/s1. The molecule has 0 aliphatic carbocycles. The number of carbonyl (C=O) groups is 3. The molecule has 0 radical (unpaired) electrons. The van der Waals surface area contributed by atoms with Crippen LogP contribution in [0.15, 0.2) is 12.2 Å². The summed E-state index contributed by atoms with van der Waals surface area (Å²) in [5, 5.41) is 0. The molecule has 0 rings (SSSR count). The number of rotatable bonds is 44. The lowest BCUT2D eigenvalue weighted by Crippen LogP contribution is -2.30. The van der Waals surface area contributed by atoms with Crippen molar-refractivity contribution in [3.05, 3.63) is 12.2 Å². The molecule has 0 saturated carbocycles. The second-order valence-electron chi connectivity index (χ2n) is 16.4. The van der Waals surface area contributed by atoms with Crippen molar-refractivity contribution in [1.82, 2.24) is 0 Å². The molecule has 0 amide bonds. The van der Waals surface area contributed by atoms with Gasteiger partial charge in [0.2, 0.25) is 0 Å². The van der Waals surface area contributed by atoms with E-state index in [-0.39, 0.29) is 31.1 Å². The maximum Gasteiger partial charge on any atom is 0.306 e. The maximum absolute atomic E-state index is 12.7. The summed E-state index contributed by atoms with van der Waals surface area (Å²) in [6.07, 6.45) is 47.6. The SMILES string of the molecule is CCCCCC/C=C\CCCCCCCC(=O)OC[C@@H](COC(=O)CCCCCCCCCCCCC)OC(=O)CCCCCCCCCCCCCCC. The Balaban J connectivity index is 4.34. The maximum atomic E-state index is 12.7. The molecule has 6 nitrogen and oxygen atoms in total. The van der Waals surface area contributed by atoms with Gasteiger partial charge in [-0.2, -0.15) is 0 Å². The molecule has 0 aliphatic heterocycles. The van der Waals surface area contributed by atoms with Crippen molar-refractivity contribution >= 4 is 17.9 Å². The molecule has 0 spiro atoms. The molecule has 0 aliphatic rings. The van der Waals surface area contributed by atoms with Crippen LogP contribution in [0.1, 0.15) is 265 Å². The lowest BCUT2D eigenvalue weighted by molar-refractivity contribution is -0.167. The van der Waals surface area contributed by atoms with E-state index in [2.05, 4.69) is 32.9 Å². The molecule has 324 valence electrons. The van der Waals surface area contributed by atoms with Gasteiger partial charge in [-0.05, 0) is 44.9 Å². The van der Waals surface area contributed by atoms with Gasteiger partial charge in [-0.1, -0.05) is 213 Å². The third-order valence-corrected chi connectivity index (χ3v) is 10.8. The van der Waals surface area contributed by atoms with E-state index in [1.165, 1.54) is 161 Å². The van der Waals surface area contributed by atoms with Crippen LogP contribution in [0, 0.1) is 0 Å². The van der Waals surface area contributed by atoms with Crippen LogP contribution in [0.4, 0.5) is 0 Å². The van der Waals surface area contributed by atoms with Gasteiger partial charge >= 0.3 is 17.9 Å². The van der Waals surface area contributed by atoms with Gasteiger partial charge in [-0.3, -0.25) is 14.4 Å². The molecule has 0 aromatic carbocycles. The highest BCUT2D eigenvalue weighted by Gasteiger charge is 2.19. The Morgan fingerprint density at radius 2 is 0.600 bits per heavy atom. The average molecular weight is 777 g/mol. The van der Waals surface area contributed by atoms with Crippen molar-refractivity contribution in [3.8, 4) is 0 Å². The Labute approximate surface area is 341 Å². The quantitative estimate of drug-likeness (QED) is 0.0265. The van der Waals surface area contributed by atoms with E-state index >= 15 is 0 Å². The van der Waals surface area contributed by atoms with Gasteiger partial charge < -0.3 is 14.2 Å². The molecule has 55 heavy (non-hydrogen) atoms. The van der Waals surface area contributed by atoms with Crippen LogP contribution >= 0.6 is 0 Å². The van der Waals surface area contributed by atoms with Crippen LogP contribution < -0.4 is 0 Å². The number of hydrogen-bond acceptors (Lipinski definition) is 6. The number of carbonyl (C=O) groups excluding carboxylic acids is 3. The van der Waals surface area contributed by atoms with Crippen molar-refractivity contribution in [1.29, 1.82) is 0 Å². The Hall–Kier alpha value is -1.85. The summed E-state index contributed by atoms with van der Waals surface area (Å²) in [5.41, 5.74) is 0. The molecular formula is C49H92O6. The lowest BCUT2D eigenvalue weighted by atomic mass is 10.0. The third-order valence-electron chi connectivity index (χ3n) is 10.8. The summed E-state index contributed by atoms with van der Waals surface area (Å²) >= 11 is 0. The monoisotopic (exact) mass is 777 g/mol. The Bertz CT molecular complexity index is 854. The summed E-state index contributed by atoms with van der Waals surface area (Å²) in [4.78, 5) is 37.8. The highest BCUT2D eigenvalue weighted by molar-refractivity contribution is 5.71. The number of unbranched alkanes of at least 4 members (excludes halogenated alkanes) is 31. The lowest BCUT2D eigenvalue weighted by Gasteiger charge is -2.18. The summed E-state index contributed by atoms with van der Waals surface area (Å²) in [7, 11) is 0. The normalized spacial score (nSPS) is 12.0. The van der Waals surface area contributed by atoms with Crippen molar-refractivity contribution in [2.24, 2.45) is 0 Å². The fraction of sp³-hybridized carbons (Fsp3) is 0.898. The Morgan fingerprint density at radius 3 is 0.927 bits per heavy atom. The van der Waals surface area contributed by atoms with Crippen LogP contribution in [0.5, 0.6) is 0 Å². The highest BCUT2D eigenvalue weighted by atomic mass is 16.6. The largest absolute Gasteiger partial charge is 0.462 e. The summed E-state index contributed by atoms with van der Waals surface area (Å²) < 4.78 is 16.7. The van der Waals surface area contributed by atoms with E-state index in [1.54, 1.807) is 0 Å². The summed E-state index contributed by atoms with van der Waals surface area (Å²) in [5.74, 6) is -0.866. The molecule has 6 heteroatoms. The first-order chi connectivity index (χ1) is 27.0.